The fourth-order valence-corrected chi connectivity index (χ4v) is 4.83. The number of aromatic hydroxyl groups is 1. The van der Waals surface area contributed by atoms with Gasteiger partial charge in [0.2, 0.25) is 0 Å². The van der Waals surface area contributed by atoms with Crippen molar-refractivity contribution >= 4 is 6.29 Å². The molecule has 1 aromatic carbocycles. The molecule has 0 amide bonds. The molecule has 2 aromatic rings. The zero-order valence-corrected chi connectivity index (χ0v) is 18.5. The van der Waals surface area contributed by atoms with Gasteiger partial charge in [-0.1, -0.05) is 18.6 Å². The lowest BCUT2D eigenvalue weighted by Crippen LogP contribution is -2.45. The number of pyridine rings is 1. The van der Waals surface area contributed by atoms with E-state index in [4.69, 9.17) is 4.74 Å². The highest BCUT2D eigenvalue weighted by atomic mass is 16.5. The Morgan fingerprint density at radius 2 is 1.94 bits per heavy atom. The lowest BCUT2D eigenvalue weighted by molar-refractivity contribution is -0.0548. The predicted molar refractivity (Wildman–Crippen MR) is 122 cm³/mol. The molecule has 172 valence electrons. The Morgan fingerprint density at radius 1 is 1.12 bits per heavy atom. The summed E-state index contributed by atoms with van der Waals surface area (Å²) < 4.78 is 5.94. The zero-order chi connectivity index (χ0) is 22.3. The second-order valence-electron chi connectivity index (χ2n) is 8.72. The fourth-order valence-electron chi connectivity index (χ4n) is 4.83. The minimum absolute atomic E-state index is 0.00670. The Kier molecular flexibility index (Phi) is 7.73. The van der Waals surface area contributed by atoms with Gasteiger partial charge in [0.1, 0.15) is 24.3 Å². The molecule has 2 atom stereocenters. The van der Waals surface area contributed by atoms with Crippen LogP contribution >= 0.6 is 0 Å². The maximum atomic E-state index is 11.4. The van der Waals surface area contributed by atoms with Gasteiger partial charge in [-0.3, -0.25) is 14.7 Å². The number of aromatic nitrogens is 1. The highest BCUT2D eigenvalue weighted by Gasteiger charge is 2.31. The molecule has 2 aliphatic rings. The molecule has 2 fully saturated rings. The topological polar surface area (TPSA) is 86.1 Å². The van der Waals surface area contributed by atoms with Gasteiger partial charge in [-0.25, -0.2) is 0 Å². The van der Waals surface area contributed by atoms with E-state index in [1.54, 1.807) is 18.3 Å². The number of piperidine rings is 1. The summed E-state index contributed by atoms with van der Waals surface area (Å²) in [4.78, 5) is 20.5. The van der Waals surface area contributed by atoms with Crippen molar-refractivity contribution in [3.8, 4) is 11.5 Å². The summed E-state index contributed by atoms with van der Waals surface area (Å²) in [6, 6.07) is 8.68. The molecule has 0 radical (unpaired) electrons. The van der Waals surface area contributed by atoms with Crippen molar-refractivity contribution in [2.45, 2.75) is 50.8 Å². The fraction of sp³-hybridized carbons (Fsp3) is 0.520. The van der Waals surface area contributed by atoms with Crippen LogP contribution in [0.5, 0.6) is 11.5 Å². The van der Waals surface area contributed by atoms with Gasteiger partial charge in [0.25, 0.3) is 0 Å². The smallest absolute Gasteiger partial charge is 0.157 e. The largest absolute Gasteiger partial charge is 0.507 e. The second kappa shape index (κ2) is 10.9. The van der Waals surface area contributed by atoms with E-state index in [2.05, 4.69) is 14.8 Å². The number of hydrogen-bond donors (Lipinski definition) is 2. The Bertz CT molecular complexity index is 901. The number of hydrogen-bond acceptors (Lipinski definition) is 7. The quantitative estimate of drug-likeness (QED) is 0.581. The average molecular weight is 440 g/mol. The molecule has 0 bridgehead atoms. The number of rotatable bonds is 9. The van der Waals surface area contributed by atoms with Crippen LogP contribution in [-0.2, 0) is 6.42 Å². The van der Waals surface area contributed by atoms with Gasteiger partial charge in [0, 0.05) is 43.0 Å². The average Bonchev–Trinajstić information content (AvgIpc) is 3.35. The Labute approximate surface area is 189 Å². The molecule has 1 aromatic heterocycles. The van der Waals surface area contributed by atoms with Crippen LogP contribution in [0.15, 0.2) is 36.5 Å². The number of phenols is 1. The van der Waals surface area contributed by atoms with Gasteiger partial charge in [-0.05, 0) is 57.0 Å². The number of phenolic OH excluding ortho intramolecular Hbond substituents is 1. The number of aliphatic hydroxyl groups excluding tert-OH is 1. The maximum absolute atomic E-state index is 11.4. The highest BCUT2D eigenvalue weighted by Crippen LogP contribution is 2.30. The first kappa shape index (κ1) is 22.7. The van der Waals surface area contributed by atoms with E-state index >= 15 is 0 Å². The molecule has 2 aliphatic heterocycles. The van der Waals surface area contributed by atoms with Crippen molar-refractivity contribution in [3.05, 3.63) is 53.3 Å². The Hall–Kier alpha value is -2.48. The van der Waals surface area contributed by atoms with Gasteiger partial charge in [0.05, 0.1) is 5.56 Å². The predicted octanol–water partition coefficient (Wildman–Crippen LogP) is 3.16. The molecule has 2 N–H and O–H groups in total. The Balaban J connectivity index is 1.45. The number of aliphatic hydroxyl groups is 1. The minimum Gasteiger partial charge on any atom is -0.507 e. The standard InChI is InChI=1S/C25H33N3O4/c29-17-21-23(30)9-5-10-24(21)32-18-19-7-1-2-15-28(19)25(31)20-8-6-12-26-22(20)11-16-27-13-3-4-14-27/h5-6,8-10,12,17,19,25,30-31H,1-4,7,11,13-16,18H2/t19-,25?/m0/s1. The van der Waals surface area contributed by atoms with Crippen molar-refractivity contribution < 1.29 is 19.7 Å². The third-order valence-electron chi connectivity index (χ3n) is 6.65. The second-order valence-corrected chi connectivity index (χ2v) is 8.72. The van der Waals surface area contributed by atoms with E-state index in [0.29, 0.717) is 18.6 Å². The first-order valence-corrected chi connectivity index (χ1v) is 11.7. The first-order chi connectivity index (χ1) is 15.7. The van der Waals surface area contributed by atoms with Gasteiger partial charge in [-0.2, -0.15) is 0 Å². The summed E-state index contributed by atoms with van der Waals surface area (Å²) in [6.45, 7) is 4.37. The van der Waals surface area contributed by atoms with E-state index in [1.807, 2.05) is 12.1 Å². The van der Waals surface area contributed by atoms with Gasteiger partial charge in [0.15, 0.2) is 6.29 Å². The van der Waals surface area contributed by atoms with Crippen LogP contribution in [0.1, 0.15) is 59.9 Å². The van der Waals surface area contributed by atoms with Crippen LogP contribution in [0, 0.1) is 0 Å². The lowest BCUT2D eigenvalue weighted by Gasteiger charge is -2.39. The summed E-state index contributed by atoms with van der Waals surface area (Å²) >= 11 is 0. The molecule has 7 nitrogen and oxygen atoms in total. The molecule has 3 heterocycles. The van der Waals surface area contributed by atoms with Gasteiger partial charge < -0.3 is 19.8 Å². The van der Waals surface area contributed by atoms with Crippen LogP contribution in [0.2, 0.25) is 0 Å². The molecule has 1 unspecified atom stereocenters. The summed E-state index contributed by atoms with van der Waals surface area (Å²) in [5.41, 5.74) is 1.98. The monoisotopic (exact) mass is 439 g/mol. The number of benzene rings is 1. The first-order valence-electron chi connectivity index (χ1n) is 11.7. The third kappa shape index (κ3) is 5.28. The van der Waals surface area contributed by atoms with Crippen molar-refractivity contribution in [1.29, 1.82) is 0 Å². The molecular weight excluding hydrogens is 406 g/mol. The van der Waals surface area contributed by atoms with Crippen molar-refractivity contribution in [2.24, 2.45) is 0 Å². The molecule has 32 heavy (non-hydrogen) atoms. The van der Waals surface area contributed by atoms with Crippen LogP contribution < -0.4 is 4.74 Å². The summed E-state index contributed by atoms with van der Waals surface area (Å²) in [7, 11) is 0. The number of carbonyl (C=O) groups is 1. The molecule has 0 spiro atoms. The van der Waals surface area contributed by atoms with Crippen LogP contribution in [0.3, 0.4) is 0 Å². The Morgan fingerprint density at radius 3 is 2.75 bits per heavy atom. The minimum atomic E-state index is -0.749. The molecule has 7 heteroatoms. The zero-order valence-electron chi connectivity index (χ0n) is 18.5. The van der Waals surface area contributed by atoms with E-state index in [1.165, 1.54) is 18.9 Å². The molecule has 0 saturated carbocycles. The molecule has 2 saturated heterocycles. The van der Waals surface area contributed by atoms with Crippen LogP contribution in [0.25, 0.3) is 0 Å². The van der Waals surface area contributed by atoms with Crippen molar-refractivity contribution in [3.63, 3.8) is 0 Å². The van der Waals surface area contributed by atoms with E-state index in [-0.39, 0.29) is 17.4 Å². The number of carbonyl (C=O) groups excluding carboxylic acids is 1. The summed E-state index contributed by atoms with van der Waals surface area (Å²) in [5, 5.41) is 21.3. The lowest BCUT2D eigenvalue weighted by atomic mass is 9.99. The summed E-state index contributed by atoms with van der Waals surface area (Å²) in [6.07, 6.45) is 7.99. The van der Waals surface area contributed by atoms with Crippen LogP contribution in [0.4, 0.5) is 0 Å². The number of aldehydes is 1. The molecule has 0 aliphatic carbocycles. The number of ether oxygens (including phenoxy) is 1. The SMILES string of the molecule is O=Cc1c(O)cccc1OC[C@@H]1CCCCN1C(O)c1cccnc1CCN1CCCC1. The highest BCUT2D eigenvalue weighted by molar-refractivity contribution is 5.83. The van der Waals surface area contributed by atoms with E-state index in [0.717, 1.165) is 63.1 Å². The van der Waals surface area contributed by atoms with Gasteiger partial charge >= 0.3 is 0 Å². The van der Waals surface area contributed by atoms with Crippen LogP contribution in [-0.4, -0.2) is 70.1 Å². The van der Waals surface area contributed by atoms with E-state index < -0.39 is 6.23 Å². The maximum Gasteiger partial charge on any atom is 0.157 e. The summed E-state index contributed by atoms with van der Waals surface area (Å²) in [5.74, 6) is 0.281. The van der Waals surface area contributed by atoms with Gasteiger partial charge in [-0.15, -0.1) is 0 Å². The normalized spacial score (nSPS) is 20.8. The molecular formula is C25H33N3O4. The third-order valence-corrected chi connectivity index (χ3v) is 6.65. The van der Waals surface area contributed by atoms with Crippen molar-refractivity contribution in [2.75, 3.05) is 32.8 Å². The van der Waals surface area contributed by atoms with Crippen molar-refractivity contribution in [1.82, 2.24) is 14.8 Å². The molecule has 4 rings (SSSR count). The number of likely N-dealkylation sites (tertiary alicyclic amines) is 2. The number of nitrogens with zero attached hydrogens (tertiary/aromatic N) is 3. The van der Waals surface area contributed by atoms with E-state index in [9.17, 15) is 15.0 Å².